The number of unbranched alkanes of at least 4 members (excludes halogenated alkanes) is 30. The van der Waals surface area contributed by atoms with Crippen molar-refractivity contribution in [3.05, 3.63) is 0 Å². The van der Waals surface area contributed by atoms with Gasteiger partial charge in [-0.05, 0) is 50.4 Å². The Bertz CT molecular complexity index is 589. The summed E-state index contributed by atoms with van der Waals surface area (Å²) >= 11 is 0. The Morgan fingerprint density at radius 3 is 0.604 bits per heavy atom. The fourth-order valence-electron chi connectivity index (χ4n) is 9.09. The molecule has 0 amide bonds. The molecule has 0 saturated carbocycles. The highest BCUT2D eigenvalue weighted by Crippen LogP contribution is 2.34. The SMILES string of the molecule is CCCCCCCCCCC(CCCCCCCC)C(CCCCCC)OC(CCCCCC)C(CCCCCCCC)CCCCCCCCCC. The van der Waals surface area contributed by atoms with Crippen molar-refractivity contribution < 1.29 is 4.74 Å². The minimum atomic E-state index is 0.494. The van der Waals surface area contributed by atoms with Crippen molar-refractivity contribution in [1.29, 1.82) is 0 Å². The van der Waals surface area contributed by atoms with Gasteiger partial charge in [0.05, 0.1) is 12.2 Å². The van der Waals surface area contributed by atoms with Crippen molar-refractivity contribution in [2.45, 2.75) is 323 Å². The van der Waals surface area contributed by atoms with Crippen LogP contribution in [0.15, 0.2) is 0 Å². The van der Waals surface area contributed by atoms with Gasteiger partial charge in [-0.25, -0.2) is 0 Å². The van der Waals surface area contributed by atoms with Crippen molar-refractivity contribution >= 4 is 0 Å². The largest absolute Gasteiger partial charge is 0.374 e. The Kier molecular flexibility index (Phi) is 44.6. The summed E-state index contributed by atoms with van der Waals surface area (Å²) in [5.41, 5.74) is 0. The van der Waals surface area contributed by atoms with E-state index in [0.717, 1.165) is 11.8 Å². The molecule has 0 fully saturated rings. The van der Waals surface area contributed by atoms with Crippen molar-refractivity contribution in [3.63, 3.8) is 0 Å². The molecule has 1 nitrogen and oxygen atoms in total. The van der Waals surface area contributed by atoms with Gasteiger partial charge < -0.3 is 4.74 Å². The zero-order chi connectivity index (χ0) is 38.7. The van der Waals surface area contributed by atoms with E-state index in [1.54, 1.807) is 0 Å². The van der Waals surface area contributed by atoms with E-state index in [1.807, 2.05) is 0 Å². The zero-order valence-corrected chi connectivity index (χ0v) is 38.4. The predicted molar refractivity (Wildman–Crippen MR) is 244 cm³/mol. The summed E-state index contributed by atoms with van der Waals surface area (Å²) in [7, 11) is 0. The van der Waals surface area contributed by atoms with Crippen molar-refractivity contribution in [2.24, 2.45) is 11.8 Å². The van der Waals surface area contributed by atoms with E-state index in [4.69, 9.17) is 4.74 Å². The first-order valence-corrected chi connectivity index (χ1v) is 25.8. The lowest BCUT2D eigenvalue weighted by Gasteiger charge is -2.36. The van der Waals surface area contributed by atoms with Crippen LogP contribution >= 0.6 is 0 Å². The van der Waals surface area contributed by atoms with Crippen LogP contribution in [-0.2, 0) is 4.74 Å². The molecule has 0 radical (unpaired) electrons. The Morgan fingerprint density at radius 2 is 0.377 bits per heavy atom. The summed E-state index contributed by atoms with van der Waals surface area (Å²) < 4.78 is 7.77. The Morgan fingerprint density at radius 1 is 0.208 bits per heavy atom. The third-order valence-corrected chi connectivity index (χ3v) is 12.8. The van der Waals surface area contributed by atoms with Gasteiger partial charge in [0.15, 0.2) is 0 Å². The molecule has 4 atom stereocenters. The van der Waals surface area contributed by atoms with Gasteiger partial charge in [0.25, 0.3) is 0 Å². The zero-order valence-electron chi connectivity index (χ0n) is 38.4. The van der Waals surface area contributed by atoms with Crippen LogP contribution in [0.4, 0.5) is 0 Å². The van der Waals surface area contributed by atoms with Gasteiger partial charge in [0.2, 0.25) is 0 Å². The second-order valence-electron chi connectivity index (χ2n) is 18.1. The third kappa shape index (κ3) is 36.1. The first-order valence-electron chi connectivity index (χ1n) is 25.8. The Labute approximate surface area is 338 Å². The highest BCUT2D eigenvalue weighted by atomic mass is 16.5. The van der Waals surface area contributed by atoms with Crippen LogP contribution < -0.4 is 0 Å². The number of hydrogen-bond donors (Lipinski definition) is 0. The van der Waals surface area contributed by atoms with Crippen LogP contribution in [0.25, 0.3) is 0 Å². The van der Waals surface area contributed by atoms with E-state index in [9.17, 15) is 0 Å². The van der Waals surface area contributed by atoms with Crippen LogP contribution in [0.1, 0.15) is 311 Å². The molecule has 0 N–H and O–H groups in total. The van der Waals surface area contributed by atoms with E-state index in [1.165, 1.54) is 270 Å². The summed E-state index contributed by atoms with van der Waals surface area (Å²) in [5.74, 6) is 1.55. The monoisotopic (exact) mass is 747 g/mol. The van der Waals surface area contributed by atoms with Crippen LogP contribution in [-0.4, -0.2) is 12.2 Å². The Hall–Kier alpha value is -0.0400. The standard InChI is InChI=1S/C52H106O/c1-7-13-19-25-29-31-35-39-45-49(43-37-33-27-21-15-9-3)51(47-41-23-17-11-5)53-52(48-42-24-18-12-6)50(44-38-34-28-22-16-10-4)46-40-36-32-30-26-20-14-8-2/h49-52H,7-48H2,1-6H3. The molecule has 1 heteroatoms. The summed E-state index contributed by atoms with van der Waals surface area (Å²) in [6.07, 6.45) is 60.4. The molecule has 0 saturated heterocycles. The molecular weight excluding hydrogens is 641 g/mol. The Balaban J connectivity index is 5.95. The lowest BCUT2D eigenvalue weighted by atomic mass is 9.84. The minimum Gasteiger partial charge on any atom is -0.374 e. The molecule has 0 bridgehead atoms. The molecule has 0 aromatic rings. The van der Waals surface area contributed by atoms with Gasteiger partial charge >= 0.3 is 0 Å². The lowest BCUT2D eigenvalue weighted by Crippen LogP contribution is -2.34. The molecule has 4 unspecified atom stereocenters. The van der Waals surface area contributed by atoms with Crippen LogP contribution in [0, 0.1) is 11.8 Å². The van der Waals surface area contributed by atoms with Gasteiger partial charge in [-0.3, -0.25) is 0 Å². The van der Waals surface area contributed by atoms with Gasteiger partial charge in [-0.2, -0.15) is 0 Å². The fraction of sp³-hybridized carbons (Fsp3) is 1.00. The normalized spacial score (nSPS) is 14.2. The second-order valence-corrected chi connectivity index (χ2v) is 18.1. The van der Waals surface area contributed by atoms with Crippen LogP contribution in [0.3, 0.4) is 0 Å². The molecule has 0 aliphatic rings. The molecule has 0 aromatic heterocycles. The predicted octanol–water partition coefficient (Wildman–Crippen LogP) is 19.5. The van der Waals surface area contributed by atoms with Gasteiger partial charge in [-0.1, -0.05) is 273 Å². The van der Waals surface area contributed by atoms with Gasteiger partial charge in [-0.15, -0.1) is 0 Å². The van der Waals surface area contributed by atoms with Crippen LogP contribution in [0.5, 0.6) is 0 Å². The molecule has 320 valence electrons. The summed E-state index contributed by atoms with van der Waals surface area (Å²) in [6.45, 7) is 14.1. The van der Waals surface area contributed by atoms with E-state index in [0.29, 0.717) is 12.2 Å². The molecule has 0 rings (SSSR count). The number of hydrogen-bond acceptors (Lipinski definition) is 1. The summed E-state index contributed by atoms with van der Waals surface area (Å²) in [5, 5.41) is 0. The maximum atomic E-state index is 7.77. The highest BCUT2D eigenvalue weighted by molar-refractivity contribution is 4.79. The van der Waals surface area contributed by atoms with E-state index >= 15 is 0 Å². The van der Waals surface area contributed by atoms with E-state index < -0.39 is 0 Å². The summed E-state index contributed by atoms with van der Waals surface area (Å²) in [6, 6.07) is 0. The van der Waals surface area contributed by atoms with Crippen LogP contribution in [0.2, 0.25) is 0 Å². The number of ether oxygens (including phenoxy) is 1. The highest BCUT2D eigenvalue weighted by Gasteiger charge is 2.29. The quantitative estimate of drug-likeness (QED) is 0.0564. The van der Waals surface area contributed by atoms with Gasteiger partial charge in [0, 0.05) is 0 Å². The maximum absolute atomic E-state index is 7.77. The average Bonchev–Trinajstić information content (AvgIpc) is 3.17. The van der Waals surface area contributed by atoms with Gasteiger partial charge in [0.1, 0.15) is 0 Å². The van der Waals surface area contributed by atoms with Crippen molar-refractivity contribution in [3.8, 4) is 0 Å². The minimum absolute atomic E-state index is 0.494. The molecule has 0 aromatic carbocycles. The molecule has 0 aliphatic carbocycles. The average molecular weight is 747 g/mol. The molecule has 0 heterocycles. The molecular formula is C52H106O. The van der Waals surface area contributed by atoms with Crippen molar-refractivity contribution in [2.75, 3.05) is 0 Å². The second kappa shape index (κ2) is 44.7. The fourth-order valence-corrected chi connectivity index (χ4v) is 9.09. The summed E-state index contributed by atoms with van der Waals surface area (Å²) in [4.78, 5) is 0. The molecule has 0 spiro atoms. The third-order valence-electron chi connectivity index (χ3n) is 12.8. The molecule has 53 heavy (non-hydrogen) atoms. The first-order chi connectivity index (χ1) is 26.2. The maximum Gasteiger partial charge on any atom is 0.0607 e. The van der Waals surface area contributed by atoms with Crippen molar-refractivity contribution in [1.82, 2.24) is 0 Å². The number of rotatable bonds is 46. The van der Waals surface area contributed by atoms with E-state index in [2.05, 4.69) is 41.5 Å². The molecule has 0 aliphatic heterocycles. The topological polar surface area (TPSA) is 9.23 Å². The first kappa shape index (κ1) is 53.0. The van der Waals surface area contributed by atoms with E-state index in [-0.39, 0.29) is 0 Å². The smallest absolute Gasteiger partial charge is 0.0607 e. The lowest BCUT2D eigenvalue weighted by molar-refractivity contribution is -0.0845.